The first-order valence-electron chi connectivity index (χ1n) is 5.46. The number of urea groups is 1. The molecule has 1 heterocycles. The second-order valence-electron chi connectivity index (χ2n) is 3.76. The van der Waals surface area contributed by atoms with Gasteiger partial charge >= 0.3 is 6.03 Å². The van der Waals surface area contributed by atoms with E-state index in [0.717, 1.165) is 31.6 Å². The molecular weight excluding hydrogens is 188 g/mol. The third kappa shape index (κ3) is 1.96. The zero-order valence-electron chi connectivity index (χ0n) is 8.99. The first-order valence-corrected chi connectivity index (χ1v) is 5.46. The first kappa shape index (κ1) is 10.0. The van der Waals surface area contributed by atoms with Crippen molar-refractivity contribution in [3.05, 3.63) is 29.8 Å². The van der Waals surface area contributed by atoms with Gasteiger partial charge in [0.1, 0.15) is 0 Å². The fourth-order valence-electron chi connectivity index (χ4n) is 1.88. The van der Waals surface area contributed by atoms with Gasteiger partial charge in [-0.15, -0.1) is 0 Å². The number of nitrogens with zero attached hydrogens (tertiary/aromatic N) is 1. The molecule has 2 rings (SSSR count). The molecule has 80 valence electrons. The van der Waals surface area contributed by atoms with E-state index in [-0.39, 0.29) is 6.03 Å². The molecule has 0 aromatic heterocycles. The van der Waals surface area contributed by atoms with Crippen LogP contribution in [0.4, 0.5) is 10.5 Å². The van der Waals surface area contributed by atoms with Crippen molar-refractivity contribution in [1.82, 2.24) is 5.32 Å². The third-order valence-electron chi connectivity index (χ3n) is 2.66. The summed E-state index contributed by atoms with van der Waals surface area (Å²) < 4.78 is 0. The van der Waals surface area contributed by atoms with Crippen molar-refractivity contribution in [3.8, 4) is 0 Å². The zero-order chi connectivity index (χ0) is 10.7. The molecule has 0 unspecified atom stereocenters. The van der Waals surface area contributed by atoms with E-state index in [1.807, 2.05) is 23.1 Å². The van der Waals surface area contributed by atoms with Crippen molar-refractivity contribution in [2.45, 2.75) is 19.8 Å². The van der Waals surface area contributed by atoms with Crippen LogP contribution in [0.5, 0.6) is 0 Å². The van der Waals surface area contributed by atoms with E-state index in [4.69, 9.17) is 0 Å². The molecule has 0 fully saturated rings. The highest BCUT2D eigenvalue weighted by Gasteiger charge is 2.23. The van der Waals surface area contributed by atoms with E-state index in [1.54, 1.807) is 0 Å². The summed E-state index contributed by atoms with van der Waals surface area (Å²) in [5, 5.41) is 2.90. The minimum atomic E-state index is 0.0294. The van der Waals surface area contributed by atoms with Crippen LogP contribution < -0.4 is 10.2 Å². The van der Waals surface area contributed by atoms with E-state index in [2.05, 4.69) is 18.3 Å². The predicted octanol–water partition coefficient (Wildman–Crippen LogP) is 2.17. The highest BCUT2D eigenvalue weighted by molar-refractivity contribution is 5.94. The SMILES string of the molecule is CCCNC(=O)N1CCc2ccccc21. The largest absolute Gasteiger partial charge is 0.338 e. The lowest BCUT2D eigenvalue weighted by molar-refractivity contribution is 0.247. The number of hydrogen-bond donors (Lipinski definition) is 1. The highest BCUT2D eigenvalue weighted by atomic mass is 16.2. The van der Waals surface area contributed by atoms with Crippen molar-refractivity contribution in [3.63, 3.8) is 0 Å². The number of rotatable bonds is 2. The van der Waals surface area contributed by atoms with Crippen molar-refractivity contribution in [1.29, 1.82) is 0 Å². The second-order valence-corrected chi connectivity index (χ2v) is 3.76. The summed E-state index contributed by atoms with van der Waals surface area (Å²) in [6.45, 7) is 3.60. The van der Waals surface area contributed by atoms with Crippen molar-refractivity contribution in [2.75, 3.05) is 18.0 Å². The fraction of sp³-hybridized carbons (Fsp3) is 0.417. The fourth-order valence-corrected chi connectivity index (χ4v) is 1.88. The number of amides is 2. The van der Waals surface area contributed by atoms with Gasteiger partial charge in [-0.2, -0.15) is 0 Å². The van der Waals surface area contributed by atoms with Gasteiger partial charge in [-0.3, -0.25) is 4.90 Å². The van der Waals surface area contributed by atoms with E-state index < -0.39 is 0 Å². The first-order chi connectivity index (χ1) is 7.33. The summed E-state index contributed by atoms with van der Waals surface area (Å²) in [6.07, 6.45) is 1.94. The van der Waals surface area contributed by atoms with E-state index in [1.165, 1.54) is 5.56 Å². The van der Waals surface area contributed by atoms with E-state index >= 15 is 0 Å². The Kier molecular flexibility index (Phi) is 2.90. The van der Waals surface area contributed by atoms with Gasteiger partial charge in [-0.1, -0.05) is 25.1 Å². The topological polar surface area (TPSA) is 32.3 Å². The summed E-state index contributed by atoms with van der Waals surface area (Å²) >= 11 is 0. The molecule has 1 aromatic rings. The van der Waals surface area contributed by atoms with E-state index in [0.29, 0.717) is 0 Å². The van der Waals surface area contributed by atoms with Crippen LogP contribution in [0.25, 0.3) is 0 Å². The minimum absolute atomic E-state index is 0.0294. The smallest absolute Gasteiger partial charge is 0.321 e. The number of benzene rings is 1. The quantitative estimate of drug-likeness (QED) is 0.786. The molecule has 0 saturated heterocycles. The van der Waals surface area contributed by atoms with Crippen LogP contribution in [-0.4, -0.2) is 19.1 Å². The molecule has 1 aliphatic heterocycles. The Bertz CT molecular complexity index is 362. The van der Waals surface area contributed by atoms with Crippen LogP contribution in [-0.2, 0) is 6.42 Å². The Labute approximate surface area is 90.1 Å². The molecule has 2 amide bonds. The summed E-state index contributed by atoms with van der Waals surface area (Å²) in [7, 11) is 0. The normalized spacial score (nSPS) is 13.8. The predicted molar refractivity (Wildman–Crippen MR) is 61.2 cm³/mol. The molecule has 1 aromatic carbocycles. The molecule has 0 radical (unpaired) electrons. The molecule has 1 aliphatic rings. The summed E-state index contributed by atoms with van der Waals surface area (Å²) in [5.41, 5.74) is 2.33. The lowest BCUT2D eigenvalue weighted by Crippen LogP contribution is -2.39. The Morgan fingerprint density at radius 1 is 1.47 bits per heavy atom. The Balaban J connectivity index is 2.10. The lowest BCUT2D eigenvalue weighted by Gasteiger charge is -2.17. The van der Waals surface area contributed by atoms with Crippen LogP contribution in [0.1, 0.15) is 18.9 Å². The molecule has 15 heavy (non-hydrogen) atoms. The van der Waals surface area contributed by atoms with Gasteiger partial charge in [-0.05, 0) is 24.5 Å². The maximum absolute atomic E-state index is 11.8. The van der Waals surface area contributed by atoms with Gasteiger partial charge < -0.3 is 5.32 Å². The highest BCUT2D eigenvalue weighted by Crippen LogP contribution is 2.27. The molecule has 1 N–H and O–H groups in total. The maximum Gasteiger partial charge on any atom is 0.321 e. The number of hydrogen-bond acceptors (Lipinski definition) is 1. The molecule has 3 heteroatoms. The summed E-state index contributed by atoms with van der Waals surface area (Å²) in [5.74, 6) is 0. The van der Waals surface area contributed by atoms with Crippen molar-refractivity contribution < 1.29 is 4.79 Å². The Morgan fingerprint density at radius 2 is 2.27 bits per heavy atom. The van der Waals surface area contributed by atoms with E-state index in [9.17, 15) is 4.79 Å². The van der Waals surface area contributed by atoms with Crippen LogP contribution in [0.15, 0.2) is 24.3 Å². The van der Waals surface area contributed by atoms with Crippen LogP contribution in [0.2, 0.25) is 0 Å². The molecule has 0 saturated carbocycles. The average Bonchev–Trinajstić information content (AvgIpc) is 2.69. The van der Waals surface area contributed by atoms with Crippen LogP contribution in [0.3, 0.4) is 0 Å². The average molecular weight is 204 g/mol. The second kappa shape index (κ2) is 4.34. The molecule has 0 atom stereocenters. The van der Waals surface area contributed by atoms with Gasteiger partial charge in [0.15, 0.2) is 0 Å². The number of anilines is 1. The maximum atomic E-state index is 11.8. The van der Waals surface area contributed by atoms with Crippen molar-refractivity contribution >= 4 is 11.7 Å². The standard InChI is InChI=1S/C12H16N2O/c1-2-8-13-12(15)14-9-7-10-5-3-4-6-11(10)14/h3-6H,2,7-9H2,1H3,(H,13,15). The van der Waals surface area contributed by atoms with Gasteiger partial charge in [0.25, 0.3) is 0 Å². The zero-order valence-corrected chi connectivity index (χ0v) is 8.99. The number of fused-ring (bicyclic) bond motifs is 1. The minimum Gasteiger partial charge on any atom is -0.338 e. The third-order valence-corrected chi connectivity index (χ3v) is 2.66. The Morgan fingerprint density at radius 3 is 3.07 bits per heavy atom. The summed E-state index contributed by atoms with van der Waals surface area (Å²) in [6, 6.07) is 8.12. The molecular formula is C12H16N2O. The van der Waals surface area contributed by atoms with Gasteiger partial charge in [0, 0.05) is 18.8 Å². The Hall–Kier alpha value is -1.51. The number of carbonyl (C=O) groups is 1. The van der Waals surface area contributed by atoms with Gasteiger partial charge in [0.05, 0.1) is 0 Å². The molecule has 0 aliphatic carbocycles. The van der Waals surface area contributed by atoms with Gasteiger partial charge in [-0.25, -0.2) is 4.79 Å². The number of nitrogens with one attached hydrogen (secondary N) is 1. The molecule has 3 nitrogen and oxygen atoms in total. The lowest BCUT2D eigenvalue weighted by atomic mass is 10.2. The van der Waals surface area contributed by atoms with Crippen LogP contribution in [0, 0.1) is 0 Å². The van der Waals surface area contributed by atoms with Gasteiger partial charge in [0.2, 0.25) is 0 Å². The summed E-state index contributed by atoms with van der Waals surface area (Å²) in [4.78, 5) is 13.6. The van der Waals surface area contributed by atoms with Crippen LogP contribution >= 0.6 is 0 Å². The molecule has 0 spiro atoms. The number of para-hydroxylation sites is 1. The number of carbonyl (C=O) groups excluding carboxylic acids is 1. The van der Waals surface area contributed by atoms with Crippen molar-refractivity contribution in [2.24, 2.45) is 0 Å². The monoisotopic (exact) mass is 204 g/mol. The molecule has 0 bridgehead atoms.